The molecule has 4 rings (SSSR count). The molecule has 7 heteroatoms. The lowest BCUT2D eigenvalue weighted by molar-refractivity contribution is -0.131. The first-order chi connectivity index (χ1) is 13.1. The molecular weight excluding hydrogens is 342 g/mol. The zero-order valence-electron chi connectivity index (χ0n) is 15.2. The molecule has 0 radical (unpaired) electrons. The lowest BCUT2D eigenvalue weighted by Crippen LogP contribution is -2.51. The third-order valence-corrected chi connectivity index (χ3v) is 4.95. The molecule has 0 N–H and O–H groups in total. The molecule has 138 valence electrons. The van der Waals surface area contributed by atoms with E-state index in [0.717, 1.165) is 16.6 Å². The molecule has 3 heterocycles. The maximum Gasteiger partial charge on any atom is 0.272 e. The highest BCUT2D eigenvalue weighted by atomic mass is 16.2. The number of aryl methyl sites for hydroxylation is 1. The molecule has 0 unspecified atom stereocenters. The smallest absolute Gasteiger partial charge is 0.272 e. The zero-order chi connectivity index (χ0) is 18.8. The van der Waals surface area contributed by atoms with Gasteiger partial charge in [-0.3, -0.25) is 14.6 Å². The number of carbonyl (C=O) groups is 2. The van der Waals surface area contributed by atoms with E-state index < -0.39 is 0 Å². The Morgan fingerprint density at radius 3 is 2.52 bits per heavy atom. The molecule has 2 aromatic heterocycles. The summed E-state index contributed by atoms with van der Waals surface area (Å²) >= 11 is 0. The molecule has 0 bridgehead atoms. The van der Waals surface area contributed by atoms with E-state index in [1.54, 1.807) is 35.6 Å². The first-order valence-electron chi connectivity index (χ1n) is 9.00. The number of aromatic nitrogens is 3. The Labute approximate surface area is 157 Å². The van der Waals surface area contributed by atoms with Gasteiger partial charge in [0.2, 0.25) is 5.91 Å². The van der Waals surface area contributed by atoms with E-state index in [0.29, 0.717) is 38.3 Å². The van der Waals surface area contributed by atoms with Crippen molar-refractivity contribution >= 4 is 22.8 Å². The fourth-order valence-corrected chi connectivity index (χ4v) is 3.39. The van der Waals surface area contributed by atoms with Crippen molar-refractivity contribution < 1.29 is 9.59 Å². The molecule has 0 spiro atoms. The maximum absolute atomic E-state index is 12.6. The number of imidazole rings is 1. The Hall–Kier alpha value is -3.22. The summed E-state index contributed by atoms with van der Waals surface area (Å²) in [6.45, 7) is 2.15. The van der Waals surface area contributed by atoms with Gasteiger partial charge in [-0.15, -0.1) is 0 Å². The lowest BCUT2D eigenvalue weighted by atomic mass is 10.1. The van der Waals surface area contributed by atoms with Crippen molar-refractivity contribution in [3.05, 3.63) is 60.2 Å². The van der Waals surface area contributed by atoms with Crippen molar-refractivity contribution in [2.45, 2.75) is 6.42 Å². The molecule has 1 aliphatic rings. The van der Waals surface area contributed by atoms with Crippen molar-refractivity contribution in [1.82, 2.24) is 24.3 Å². The van der Waals surface area contributed by atoms with Gasteiger partial charge in [0, 0.05) is 39.4 Å². The summed E-state index contributed by atoms with van der Waals surface area (Å²) < 4.78 is 1.96. The van der Waals surface area contributed by atoms with E-state index in [2.05, 4.69) is 9.97 Å². The van der Waals surface area contributed by atoms with E-state index in [1.165, 1.54) is 0 Å². The number of carbonyl (C=O) groups excluding carboxylic acids is 2. The Balaban J connectivity index is 1.36. The zero-order valence-corrected chi connectivity index (χ0v) is 15.2. The van der Waals surface area contributed by atoms with Gasteiger partial charge < -0.3 is 14.4 Å². The Morgan fingerprint density at radius 2 is 1.78 bits per heavy atom. The predicted molar refractivity (Wildman–Crippen MR) is 101 cm³/mol. The number of fused-ring (bicyclic) bond motifs is 1. The molecule has 1 saturated heterocycles. The van der Waals surface area contributed by atoms with E-state index >= 15 is 0 Å². The number of pyridine rings is 1. The summed E-state index contributed by atoms with van der Waals surface area (Å²) in [5.74, 6) is -0.00137. The quantitative estimate of drug-likeness (QED) is 0.707. The van der Waals surface area contributed by atoms with Gasteiger partial charge in [-0.2, -0.15) is 0 Å². The fraction of sp³-hybridized carbons (Fsp3) is 0.300. The minimum Gasteiger partial charge on any atom is -0.339 e. The predicted octanol–water partition coefficient (Wildman–Crippen LogP) is 1.50. The number of amides is 2. The number of nitrogens with zero attached hydrogens (tertiary/aromatic N) is 5. The molecule has 1 aliphatic heterocycles. The van der Waals surface area contributed by atoms with Crippen LogP contribution in [0, 0.1) is 0 Å². The monoisotopic (exact) mass is 363 g/mol. The highest BCUT2D eigenvalue weighted by Gasteiger charge is 2.25. The van der Waals surface area contributed by atoms with Crippen LogP contribution in [-0.4, -0.2) is 62.3 Å². The summed E-state index contributed by atoms with van der Waals surface area (Å²) in [5.41, 5.74) is 3.35. The summed E-state index contributed by atoms with van der Waals surface area (Å²) in [6, 6.07) is 11.2. The van der Waals surface area contributed by atoms with Crippen molar-refractivity contribution in [2.24, 2.45) is 7.05 Å². The second-order valence-corrected chi connectivity index (χ2v) is 6.74. The van der Waals surface area contributed by atoms with E-state index in [-0.39, 0.29) is 11.8 Å². The van der Waals surface area contributed by atoms with Crippen molar-refractivity contribution in [2.75, 3.05) is 26.2 Å². The van der Waals surface area contributed by atoms with Crippen LogP contribution in [0.1, 0.15) is 16.1 Å². The van der Waals surface area contributed by atoms with Gasteiger partial charge in [0.15, 0.2) is 0 Å². The topological polar surface area (TPSA) is 71.3 Å². The number of piperazine rings is 1. The molecule has 0 saturated carbocycles. The van der Waals surface area contributed by atoms with E-state index in [4.69, 9.17) is 0 Å². The van der Waals surface area contributed by atoms with Gasteiger partial charge in [0.1, 0.15) is 5.69 Å². The van der Waals surface area contributed by atoms with Crippen LogP contribution < -0.4 is 0 Å². The van der Waals surface area contributed by atoms with Gasteiger partial charge in [-0.25, -0.2) is 4.98 Å². The van der Waals surface area contributed by atoms with Gasteiger partial charge in [0.25, 0.3) is 5.91 Å². The third-order valence-electron chi connectivity index (χ3n) is 4.95. The summed E-state index contributed by atoms with van der Waals surface area (Å²) in [4.78, 5) is 37.1. The number of hydrogen-bond acceptors (Lipinski definition) is 4. The van der Waals surface area contributed by atoms with Crippen LogP contribution in [0.4, 0.5) is 0 Å². The van der Waals surface area contributed by atoms with Gasteiger partial charge in [-0.05, 0) is 29.8 Å². The average molecular weight is 363 g/mol. The second kappa shape index (κ2) is 7.19. The standard InChI is InChI=1S/C20H21N5O2/c1-23-14-22-17-12-15(5-6-18(17)23)13-19(26)24-8-10-25(11-9-24)20(27)16-4-2-3-7-21-16/h2-7,12,14H,8-11,13H2,1H3. The first-order valence-corrected chi connectivity index (χ1v) is 9.00. The number of rotatable bonds is 3. The van der Waals surface area contributed by atoms with Gasteiger partial charge in [-0.1, -0.05) is 12.1 Å². The Kier molecular flexibility index (Phi) is 4.58. The molecule has 2 amide bonds. The van der Waals surface area contributed by atoms with Crippen molar-refractivity contribution in [1.29, 1.82) is 0 Å². The number of benzene rings is 1. The molecule has 0 atom stereocenters. The van der Waals surface area contributed by atoms with Gasteiger partial charge in [0.05, 0.1) is 23.8 Å². The van der Waals surface area contributed by atoms with E-state index in [1.807, 2.05) is 34.7 Å². The highest BCUT2D eigenvalue weighted by molar-refractivity contribution is 5.92. The number of hydrogen-bond donors (Lipinski definition) is 0. The Bertz CT molecular complexity index is 974. The Morgan fingerprint density at radius 1 is 1.00 bits per heavy atom. The van der Waals surface area contributed by atoms with Crippen LogP contribution in [0.5, 0.6) is 0 Å². The van der Waals surface area contributed by atoms with Crippen LogP contribution in [0.15, 0.2) is 48.9 Å². The molecule has 1 fully saturated rings. The van der Waals surface area contributed by atoms with Crippen molar-refractivity contribution in [3.63, 3.8) is 0 Å². The molecule has 3 aromatic rings. The first kappa shape index (κ1) is 17.2. The normalized spacial score (nSPS) is 14.6. The molecule has 1 aromatic carbocycles. The van der Waals surface area contributed by atoms with Crippen LogP contribution in [-0.2, 0) is 18.3 Å². The fourth-order valence-electron chi connectivity index (χ4n) is 3.39. The highest BCUT2D eigenvalue weighted by Crippen LogP contribution is 2.15. The van der Waals surface area contributed by atoms with Crippen LogP contribution in [0.25, 0.3) is 11.0 Å². The third kappa shape index (κ3) is 3.53. The SMILES string of the molecule is Cn1cnc2cc(CC(=O)N3CCN(C(=O)c4ccccn4)CC3)ccc21. The minimum atomic E-state index is -0.0803. The van der Waals surface area contributed by atoms with Gasteiger partial charge >= 0.3 is 0 Å². The van der Waals surface area contributed by atoms with Crippen LogP contribution >= 0.6 is 0 Å². The molecule has 0 aliphatic carbocycles. The van der Waals surface area contributed by atoms with Crippen molar-refractivity contribution in [3.8, 4) is 0 Å². The van der Waals surface area contributed by atoms with Crippen LogP contribution in [0.3, 0.4) is 0 Å². The maximum atomic E-state index is 12.6. The molecule has 27 heavy (non-hydrogen) atoms. The summed E-state index contributed by atoms with van der Waals surface area (Å²) in [5, 5.41) is 0. The van der Waals surface area contributed by atoms with Crippen LogP contribution in [0.2, 0.25) is 0 Å². The largest absolute Gasteiger partial charge is 0.339 e. The summed E-state index contributed by atoms with van der Waals surface area (Å²) in [6.07, 6.45) is 3.74. The lowest BCUT2D eigenvalue weighted by Gasteiger charge is -2.34. The molecular formula is C20H21N5O2. The average Bonchev–Trinajstić information content (AvgIpc) is 3.08. The molecule has 7 nitrogen and oxygen atoms in total. The second-order valence-electron chi connectivity index (χ2n) is 6.74. The summed E-state index contributed by atoms with van der Waals surface area (Å²) in [7, 11) is 1.95. The van der Waals surface area contributed by atoms with E-state index in [9.17, 15) is 9.59 Å². The minimum absolute atomic E-state index is 0.0789.